The van der Waals surface area contributed by atoms with Crippen molar-refractivity contribution in [3.8, 4) is 6.07 Å². The van der Waals surface area contributed by atoms with Crippen molar-refractivity contribution in [1.29, 1.82) is 5.26 Å². The van der Waals surface area contributed by atoms with E-state index in [1.807, 2.05) is 24.4 Å². The van der Waals surface area contributed by atoms with Gasteiger partial charge < -0.3 is 11.1 Å². The zero-order valence-corrected chi connectivity index (χ0v) is 10.2. The lowest BCUT2D eigenvalue weighted by molar-refractivity contribution is 1.05. The predicted octanol–water partition coefficient (Wildman–Crippen LogP) is 2.52. The molecular formula is C12H12N4S. The molecule has 0 aliphatic rings. The van der Waals surface area contributed by atoms with Crippen molar-refractivity contribution < 1.29 is 0 Å². The number of nitrogens with one attached hydrogen (secondary N) is 1. The van der Waals surface area contributed by atoms with Gasteiger partial charge in [-0.3, -0.25) is 0 Å². The number of benzene rings is 1. The van der Waals surface area contributed by atoms with E-state index in [4.69, 9.17) is 11.0 Å². The van der Waals surface area contributed by atoms with E-state index in [1.165, 1.54) is 0 Å². The molecule has 0 unspecified atom stereocenters. The van der Waals surface area contributed by atoms with Crippen LogP contribution in [0.2, 0.25) is 0 Å². The summed E-state index contributed by atoms with van der Waals surface area (Å²) >= 11 is 1.63. The largest absolute Gasteiger partial charge is 0.398 e. The Morgan fingerprint density at radius 2 is 2.35 bits per heavy atom. The lowest BCUT2D eigenvalue weighted by atomic mass is 10.2. The number of nitrogens with two attached hydrogens (primary N) is 1. The van der Waals surface area contributed by atoms with Crippen LogP contribution in [0.5, 0.6) is 0 Å². The molecule has 0 atom stereocenters. The third-order valence-electron chi connectivity index (χ3n) is 2.31. The summed E-state index contributed by atoms with van der Waals surface area (Å²) in [5, 5.41) is 15.1. The van der Waals surface area contributed by atoms with Gasteiger partial charge in [0.05, 0.1) is 28.5 Å². The predicted molar refractivity (Wildman–Crippen MR) is 69.7 cm³/mol. The molecule has 1 heterocycles. The van der Waals surface area contributed by atoms with Crippen LogP contribution in [0, 0.1) is 18.3 Å². The van der Waals surface area contributed by atoms with Gasteiger partial charge in [-0.25, -0.2) is 4.98 Å². The Bertz CT molecular complexity index is 568. The molecule has 0 saturated heterocycles. The van der Waals surface area contributed by atoms with Gasteiger partial charge in [0.25, 0.3) is 0 Å². The molecule has 2 rings (SSSR count). The van der Waals surface area contributed by atoms with Gasteiger partial charge in [0.15, 0.2) is 0 Å². The summed E-state index contributed by atoms with van der Waals surface area (Å²) in [7, 11) is 0. The molecule has 0 bridgehead atoms. The molecule has 3 N–H and O–H groups in total. The van der Waals surface area contributed by atoms with E-state index in [0.717, 1.165) is 16.4 Å². The van der Waals surface area contributed by atoms with Crippen LogP contribution in [-0.4, -0.2) is 4.98 Å². The molecule has 0 spiro atoms. The van der Waals surface area contributed by atoms with Gasteiger partial charge in [-0.1, -0.05) is 0 Å². The van der Waals surface area contributed by atoms with Crippen LogP contribution in [-0.2, 0) is 6.54 Å². The first-order chi connectivity index (χ1) is 8.19. The summed E-state index contributed by atoms with van der Waals surface area (Å²) in [6.45, 7) is 2.64. The maximum absolute atomic E-state index is 8.76. The van der Waals surface area contributed by atoms with Crippen molar-refractivity contribution in [1.82, 2.24) is 4.98 Å². The summed E-state index contributed by atoms with van der Waals surface area (Å²) in [4.78, 5) is 4.35. The first kappa shape index (κ1) is 11.4. The van der Waals surface area contributed by atoms with Crippen molar-refractivity contribution in [2.45, 2.75) is 13.5 Å². The zero-order chi connectivity index (χ0) is 12.3. The van der Waals surface area contributed by atoms with Gasteiger partial charge in [-0.05, 0) is 25.1 Å². The van der Waals surface area contributed by atoms with Gasteiger partial charge >= 0.3 is 0 Å². The summed E-state index contributed by atoms with van der Waals surface area (Å²) in [5.41, 5.74) is 8.63. The van der Waals surface area contributed by atoms with Crippen LogP contribution in [0.3, 0.4) is 0 Å². The second kappa shape index (κ2) is 4.85. The molecule has 0 fully saturated rings. The maximum atomic E-state index is 8.76. The average Bonchev–Trinajstić information content (AvgIpc) is 2.73. The number of nitrogen functional groups attached to an aromatic ring is 1. The Hall–Kier alpha value is -2.06. The van der Waals surface area contributed by atoms with Crippen LogP contribution in [0.4, 0.5) is 11.4 Å². The molecule has 2 aromatic rings. The second-order valence-electron chi connectivity index (χ2n) is 3.63. The summed E-state index contributed by atoms with van der Waals surface area (Å²) in [5.74, 6) is 0. The fourth-order valence-electron chi connectivity index (χ4n) is 1.46. The van der Waals surface area contributed by atoms with E-state index in [9.17, 15) is 0 Å². The number of hydrogen-bond acceptors (Lipinski definition) is 5. The van der Waals surface area contributed by atoms with Crippen molar-refractivity contribution in [2.24, 2.45) is 0 Å². The monoisotopic (exact) mass is 244 g/mol. The first-order valence-corrected chi connectivity index (χ1v) is 6.01. The number of anilines is 2. The molecule has 0 amide bonds. The lowest BCUT2D eigenvalue weighted by Gasteiger charge is -2.06. The highest BCUT2D eigenvalue weighted by atomic mass is 32.1. The number of hydrogen-bond donors (Lipinski definition) is 2. The van der Waals surface area contributed by atoms with Crippen molar-refractivity contribution in [2.75, 3.05) is 11.1 Å². The van der Waals surface area contributed by atoms with Crippen molar-refractivity contribution in [3.63, 3.8) is 0 Å². The van der Waals surface area contributed by atoms with Gasteiger partial charge in [0, 0.05) is 11.1 Å². The number of aryl methyl sites for hydroxylation is 1. The molecule has 4 nitrogen and oxygen atoms in total. The third kappa shape index (κ3) is 2.74. The third-order valence-corrected chi connectivity index (χ3v) is 3.13. The molecule has 1 aromatic heterocycles. The normalized spacial score (nSPS) is 9.88. The van der Waals surface area contributed by atoms with E-state index in [1.54, 1.807) is 23.5 Å². The van der Waals surface area contributed by atoms with E-state index in [2.05, 4.69) is 10.3 Å². The fourth-order valence-corrected chi connectivity index (χ4v) is 2.07. The molecule has 0 radical (unpaired) electrons. The molecule has 0 aliphatic carbocycles. The van der Waals surface area contributed by atoms with E-state index < -0.39 is 0 Å². The minimum absolute atomic E-state index is 0.493. The minimum atomic E-state index is 0.493. The maximum Gasteiger partial charge on any atom is 0.101 e. The van der Waals surface area contributed by atoms with Gasteiger partial charge in [0.1, 0.15) is 6.07 Å². The Balaban J connectivity index is 2.05. The Morgan fingerprint density at radius 3 is 2.94 bits per heavy atom. The summed E-state index contributed by atoms with van der Waals surface area (Å²) in [6, 6.07) is 7.35. The molecule has 86 valence electrons. The van der Waals surface area contributed by atoms with Crippen molar-refractivity contribution >= 4 is 22.7 Å². The molecule has 1 aromatic carbocycles. The van der Waals surface area contributed by atoms with E-state index in [0.29, 0.717) is 17.8 Å². The Morgan fingerprint density at radius 1 is 1.53 bits per heavy atom. The lowest BCUT2D eigenvalue weighted by Crippen LogP contribution is -2.01. The molecule has 5 heteroatoms. The topological polar surface area (TPSA) is 74.7 Å². The number of rotatable bonds is 3. The second-order valence-corrected chi connectivity index (χ2v) is 4.69. The molecule has 0 saturated carbocycles. The van der Waals surface area contributed by atoms with Gasteiger partial charge in [-0.15, -0.1) is 11.3 Å². The Kier molecular flexibility index (Phi) is 3.26. The highest BCUT2D eigenvalue weighted by molar-refractivity contribution is 7.09. The number of thiazole rings is 1. The number of nitrogens with zero attached hydrogens (tertiary/aromatic N) is 2. The molecule has 17 heavy (non-hydrogen) atoms. The van der Waals surface area contributed by atoms with Crippen LogP contribution in [0.25, 0.3) is 0 Å². The average molecular weight is 244 g/mol. The van der Waals surface area contributed by atoms with Crippen LogP contribution in [0.15, 0.2) is 23.6 Å². The van der Waals surface area contributed by atoms with Crippen LogP contribution < -0.4 is 11.1 Å². The quantitative estimate of drug-likeness (QED) is 0.813. The summed E-state index contributed by atoms with van der Waals surface area (Å²) < 4.78 is 0. The van der Waals surface area contributed by atoms with E-state index >= 15 is 0 Å². The molecular weight excluding hydrogens is 232 g/mol. The van der Waals surface area contributed by atoms with Crippen LogP contribution >= 0.6 is 11.3 Å². The van der Waals surface area contributed by atoms with Crippen LogP contribution in [0.1, 0.15) is 16.3 Å². The zero-order valence-electron chi connectivity index (χ0n) is 9.40. The number of nitriles is 1. The SMILES string of the molecule is Cc1nc(CNc2ccc(C#N)c(N)c2)cs1. The number of aromatic nitrogens is 1. The smallest absolute Gasteiger partial charge is 0.101 e. The first-order valence-electron chi connectivity index (χ1n) is 5.13. The summed E-state index contributed by atoms with van der Waals surface area (Å²) in [6.07, 6.45) is 0. The fraction of sp³-hybridized carbons (Fsp3) is 0.167. The van der Waals surface area contributed by atoms with E-state index in [-0.39, 0.29) is 0 Å². The van der Waals surface area contributed by atoms with Gasteiger partial charge in [0.2, 0.25) is 0 Å². The standard InChI is InChI=1S/C12H12N4S/c1-8-16-11(7-17-8)6-15-10-3-2-9(5-13)12(14)4-10/h2-4,7,15H,6,14H2,1H3. The highest BCUT2D eigenvalue weighted by Gasteiger charge is 2.01. The molecule has 0 aliphatic heterocycles. The minimum Gasteiger partial charge on any atom is -0.398 e. The van der Waals surface area contributed by atoms with Gasteiger partial charge in [-0.2, -0.15) is 5.26 Å². The Labute approximate surface area is 104 Å². The highest BCUT2D eigenvalue weighted by Crippen LogP contribution is 2.18. The van der Waals surface area contributed by atoms with Crippen molar-refractivity contribution in [3.05, 3.63) is 39.8 Å².